The predicted molar refractivity (Wildman–Crippen MR) is 55.8 cm³/mol. The Morgan fingerprint density at radius 1 is 1.19 bits per heavy atom. The van der Waals surface area contributed by atoms with Gasteiger partial charge >= 0.3 is 6.18 Å². The van der Waals surface area contributed by atoms with Crippen molar-refractivity contribution >= 4 is 17.4 Å². The van der Waals surface area contributed by atoms with Gasteiger partial charge in [0, 0.05) is 7.05 Å². The van der Waals surface area contributed by atoms with Crippen molar-refractivity contribution in [3.63, 3.8) is 0 Å². The molecule has 0 unspecified atom stereocenters. The summed E-state index contributed by atoms with van der Waals surface area (Å²) < 4.78 is 36.6. The minimum Gasteiger partial charge on any atom is -0.349 e. The molecule has 0 fully saturated rings. The topological polar surface area (TPSA) is 29.0 Å². The maximum absolute atomic E-state index is 12.2. The maximum atomic E-state index is 12.2. The molecule has 0 N–H and O–H groups in total. The average molecular weight is 254 g/mol. The van der Waals surface area contributed by atoms with Gasteiger partial charge in [-0.3, -0.25) is 0 Å². The van der Waals surface area contributed by atoms with Crippen LogP contribution < -0.4 is 4.90 Å². The summed E-state index contributed by atoms with van der Waals surface area (Å²) in [6.07, 6.45) is -4.27. The van der Waals surface area contributed by atoms with Gasteiger partial charge in [-0.1, -0.05) is 11.6 Å². The van der Waals surface area contributed by atoms with E-state index >= 15 is 0 Å². The molecule has 0 radical (unpaired) electrons. The van der Waals surface area contributed by atoms with E-state index in [0.717, 1.165) is 4.90 Å². The van der Waals surface area contributed by atoms with Crippen molar-refractivity contribution < 1.29 is 13.2 Å². The first-order valence-corrected chi connectivity index (χ1v) is 4.87. The third-order valence-electron chi connectivity index (χ3n) is 2.22. The first kappa shape index (κ1) is 13.0. The lowest BCUT2D eigenvalue weighted by molar-refractivity contribution is -0.119. The molecule has 1 aromatic heterocycles. The summed E-state index contributed by atoms with van der Waals surface area (Å²) in [5.74, 6) is 0.194. The van der Waals surface area contributed by atoms with Gasteiger partial charge in [0.15, 0.2) is 11.0 Å². The van der Waals surface area contributed by atoms with E-state index < -0.39 is 12.7 Å². The summed E-state index contributed by atoms with van der Waals surface area (Å²) in [6.45, 7) is 2.29. The van der Waals surface area contributed by atoms with Crippen molar-refractivity contribution in [3.8, 4) is 0 Å². The molecule has 1 rings (SSSR count). The van der Waals surface area contributed by atoms with Crippen LogP contribution in [0.15, 0.2) is 0 Å². The fourth-order valence-electron chi connectivity index (χ4n) is 1.27. The molecule has 7 heteroatoms. The summed E-state index contributed by atoms with van der Waals surface area (Å²) in [4.78, 5) is 1.01. The van der Waals surface area contributed by atoms with Gasteiger partial charge in [0.1, 0.15) is 6.54 Å². The number of alkyl halides is 3. The van der Waals surface area contributed by atoms with E-state index in [9.17, 15) is 13.2 Å². The molecule has 0 bridgehead atoms. The Balaban J connectivity index is 3.01. The Bertz CT molecular complexity index is 392. The molecule has 0 aliphatic heterocycles. The highest BCUT2D eigenvalue weighted by Crippen LogP contribution is 2.25. The smallest absolute Gasteiger partial charge is 0.349 e. The zero-order valence-corrected chi connectivity index (χ0v) is 9.82. The second-order valence-electron chi connectivity index (χ2n) is 3.54. The largest absolute Gasteiger partial charge is 0.405 e. The number of nitrogens with zero attached hydrogens (tertiary/aromatic N) is 3. The van der Waals surface area contributed by atoms with Crippen molar-refractivity contribution in [1.29, 1.82) is 0 Å². The molecule has 0 saturated heterocycles. The molecule has 0 aliphatic carbocycles. The Morgan fingerprint density at radius 2 is 1.75 bits per heavy atom. The number of hydrogen-bond donors (Lipinski definition) is 0. The SMILES string of the molecule is Cc1c(Cl)nnc(N(C)CC(F)(F)F)c1C. The van der Waals surface area contributed by atoms with Crippen LogP contribution in [-0.2, 0) is 0 Å². The normalized spacial score (nSPS) is 11.7. The molecule has 1 heterocycles. The van der Waals surface area contributed by atoms with Crippen LogP contribution in [0.5, 0.6) is 0 Å². The fourth-order valence-corrected chi connectivity index (χ4v) is 1.45. The Kier molecular flexibility index (Phi) is 3.62. The van der Waals surface area contributed by atoms with E-state index in [1.165, 1.54) is 7.05 Å². The Hall–Kier alpha value is -1.04. The monoisotopic (exact) mass is 253 g/mol. The lowest BCUT2D eigenvalue weighted by Gasteiger charge is -2.21. The van der Waals surface area contributed by atoms with Gasteiger partial charge in [-0.15, -0.1) is 10.2 Å². The number of aromatic nitrogens is 2. The Labute approximate surface area is 96.2 Å². The quantitative estimate of drug-likeness (QED) is 0.812. The number of anilines is 1. The molecule has 0 saturated carbocycles. The summed E-state index contributed by atoms with van der Waals surface area (Å²) in [6, 6.07) is 0. The standard InChI is InChI=1S/C9H11ClF3N3/c1-5-6(2)8(15-14-7(5)10)16(3)4-9(11,12)13/h4H2,1-3H3. The highest BCUT2D eigenvalue weighted by Gasteiger charge is 2.30. The molecule has 0 amide bonds. The summed E-state index contributed by atoms with van der Waals surface area (Å²) in [5.41, 5.74) is 1.24. The second-order valence-corrected chi connectivity index (χ2v) is 3.89. The summed E-state index contributed by atoms with van der Waals surface area (Å²) in [7, 11) is 1.32. The van der Waals surface area contributed by atoms with Crippen molar-refractivity contribution in [1.82, 2.24) is 10.2 Å². The van der Waals surface area contributed by atoms with Gasteiger partial charge in [-0.25, -0.2) is 0 Å². The van der Waals surface area contributed by atoms with E-state index in [0.29, 0.717) is 11.1 Å². The molecule has 0 aliphatic rings. The van der Waals surface area contributed by atoms with Gasteiger partial charge in [-0.05, 0) is 25.0 Å². The zero-order valence-electron chi connectivity index (χ0n) is 9.06. The molecule has 16 heavy (non-hydrogen) atoms. The van der Waals surface area contributed by atoms with E-state index in [1.54, 1.807) is 13.8 Å². The van der Waals surface area contributed by atoms with Crippen LogP contribution in [0.4, 0.5) is 19.0 Å². The molecule has 3 nitrogen and oxygen atoms in total. The van der Waals surface area contributed by atoms with Gasteiger partial charge in [0.2, 0.25) is 0 Å². The van der Waals surface area contributed by atoms with Gasteiger partial charge in [-0.2, -0.15) is 13.2 Å². The molecule has 0 aromatic carbocycles. The second kappa shape index (κ2) is 4.45. The van der Waals surface area contributed by atoms with Crippen molar-refractivity contribution in [2.24, 2.45) is 0 Å². The van der Waals surface area contributed by atoms with Crippen molar-refractivity contribution in [2.75, 3.05) is 18.5 Å². The molecule has 90 valence electrons. The molecule has 0 spiro atoms. The lowest BCUT2D eigenvalue weighted by Crippen LogP contribution is -2.32. The molecular formula is C9H11ClF3N3. The molecule has 1 aromatic rings. The third-order valence-corrected chi connectivity index (χ3v) is 2.58. The third kappa shape index (κ3) is 2.98. The van der Waals surface area contributed by atoms with E-state index in [-0.39, 0.29) is 11.0 Å². The van der Waals surface area contributed by atoms with Gasteiger partial charge < -0.3 is 4.90 Å². The highest BCUT2D eigenvalue weighted by molar-refractivity contribution is 6.30. The first-order chi connectivity index (χ1) is 7.22. The number of rotatable bonds is 2. The van der Waals surface area contributed by atoms with Crippen LogP contribution in [0.2, 0.25) is 5.15 Å². The van der Waals surface area contributed by atoms with Crippen LogP contribution in [0.3, 0.4) is 0 Å². The number of hydrogen-bond acceptors (Lipinski definition) is 3. The van der Waals surface area contributed by atoms with Crippen LogP contribution in [-0.4, -0.2) is 30.0 Å². The highest BCUT2D eigenvalue weighted by atomic mass is 35.5. The predicted octanol–water partition coefficient (Wildman–Crippen LogP) is 2.75. The number of halogens is 4. The van der Waals surface area contributed by atoms with Gasteiger partial charge in [0.25, 0.3) is 0 Å². The van der Waals surface area contributed by atoms with Crippen molar-refractivity contribution in [2.45, 2.75) is 20.0 Å². The lowest BCUT2D eigenvalue weighted by atomic mass is 10.2. The Morgan fingerprint density at radius 3 is 2.25 bits per heavy atom. The van der Waals surface area contributed by atoms with Crippen LogP contribution in [0.25, 0.3) is 0 Å². The van der Waals surface area contributed by atoms with E-state index in [4.69, 9.17) is 11.6 Å². The van der Waals surface area contributed by atoms with E-state index in [1.807, 2.05) is 0 Å². The minimum absolute atomic E-state index is 0.194. The van der Waals surface area contributed by atoms with Gasteiger partial charge in [0.05, 0.1) is 0 Å². The van der Waals surface area contributed by atoms with Crippen molar-refractivity contribution in [3.05, 3.63) is 16.3 Å². The first-order valence-electron chi connectivity index (χ1n) is 4.49. The maximum Gasteiger partial charge on any atom is 0.405 e. The summed E-state index contributed by atoms with van der Waals surface area (Å²) in [5, 5.41) is 7.47. The van der Waals surface area contributed by atoms with E-state index in [2.05, 4.69) is 10.2 Å². The minimum atomic E-state index is -4.27. The average Bonchev–Trinajstić information content (AvgIpc) is 2.11. The fraction of sp³-hybridized carbons (Fsp3) is 0.556. The van der Waals surface area contributed by atoms with Crippen LogP contribution in [0, 0.1) is 13.8 Å². The van der Waals surface area contributed by atoms with Crippen LogP contribution >= 0.6 is 11.6 Å². The molecular weight excluding hydrogens is 243 g/mol. The van der Waals surface area contributed by atoms with Crippen LogP contribution in [0.1, 0.15) is 11.1 Å². The summed E-state index contributed by atoms with van der Waals surface area (Å²) >= 11 is 5.71. The molecule has 0 atom stereocenters. The zero-order chi connectivity index (χ0) is 12.5.